The first-order valence-corrected chi connectivity index (χ1v) is 9.03. The molecular formula is C17H31N3S. The van der Waals surface area contributed by atoms with Gasteiger partial charge in [0, 0.05) is 30.1 Å². The molecule has 0 aliphatic carbocycles. The van der Waals surface area contributed by atoms with Crippen molar-refractivity contribution in [3.8, 4) is 0 Å². The summed E-state index contributed by atoms with van der Waals surface area (Å²) in [6.07, 6.45) is 2.52. The Labute approximate surface area is 134 Å². The maximum Gasteiger partial charge on any atom is 0.107 e. The zero-order chi connectivity index (χ0) is 15.6. The quantitative estimate of drug-likeness (QED) is 0.918. The van der Waals surface area contributed by atoms with Gasteiger partial charge in [0.25, 0.3) is 0 Å². The minimum atomic E-state index is 0.310. The third-order valence-corrected chi connectivity index (χ3v) is 5.67. The molecular weight excluding hydrogens is 278 g/mol. The van der Waals surface area contributed by atoms with E-state index >= 15 is 0 Å². The number of hydrogen-bond acceptors (Lipinski definition) is 4. The van der Waals surface area contributed by atoms with Gasteiger partial charge >= 0.3 is 0 Å². The number of nitrogens with zero attached hydrogens (tertiary/aromatic N) is 2. The molecule has 0 bridgehead atoms. The molecule has 3 nitrogen and oxygen atoms in total. The molecule has 1 N–H and O–H groups in total. The lowest BCUT2D eigenvalue weighted by molar-refractivity contribution is 0.0747. The van der Waals surface area contributed by atoms with E-state index in [1.165, 1.54) is 28.4 Å². The number of hydrogen-bond donors (Lipinski definition) is 1. The molecule has 1 aromatic rings. The van der Waals surface area contributed by atoms with E-state index in [0.29, 0.717) is 17.5 Å². The molecule has 1 aliphatic rings. The van der Waals surface area contributed by atoms with Crippen LogP contribution in [-0.4, -0.2) is 35.1 Å². The SMILES string of the molecule is CCCC1CNC(C(C)(C)C)CN1Cc1nc(C)c(C)s1. The highest BCUT2D eigenvalue weighted by molar-refractivity contribution is 7.11. The van der Waals surface area contributed by atoms with Crippen molar-refractivity contribution < 1.29 is 0 Å². The van der Waals surface area contributed by atoms with Gasteiger partial charge in [-0.25, -0.2) is 4.98 Å². The van der Waals surface area contributed by atoms with Crippen molar-refractivity contribution in [3.63, 3.8) is 0 Å². The molecule has 2 unspecified atom stereocenters. The highest BCUT2D eigenvalue weighted by Crippen LogP contribution is 2.27. The lowest BCUT2D eigenvalue weighted by atomic mass is 9.84. The second kappa shape index (κ2) is 6.76. The third-order valence-electron chi connectivity index (χ3n) is 4.61. The summed E-state index contributed by atoms with van der Waals surface area (Å²) in [5.74, 6) is 0. The molecule has 0 saturated carbocycles. The van der Waals surface area contributed by atoms with E-state index in [4.69, 9.17) is 4.98 Å². The summed E-state index contributed by atoms with van der Waals surface area (Å²) in [5, 5.41) is 5.05. The predicted octanol–water partition coefficient (Wildman–Crippen LogP) is 3.75. The highest BCUT2D eigenvalue weighted by atomic mass is 32.1. The van der Waals surface area contributed by atoms with E-state index in [2.05, 4.69) is 51.8 Å². The highest BCUT2D eigenvalue weighted by Gasteiger charge is 2.33. The van der Waals surface area contributed by atoms with Crippen LogP contribution in [0.4, 0.5) is 0 Å². The van der Waals surface area contributed by atoms with Gasteiger partial charge in [-0.1, -0.05) is 34.1 Å². The summed E-state index contributed by atoms with van der Waals surface area (Å²) in [6, 6.07) is 1.21. The molecule has 2 heterocycles. The maximum absolute atomic E-state index is 4.74. The van der Waals surface area contributed by atoms with Gasteiger partial charge in [0.15, 0.2) is 0 Å². The van der Waals surface area contributed by atoms with E-state index in [0.717, 1.165) is 19.6 Å². The van der Waals surface area contributed by atoms with E-state index < -0.39 is 0 Å². The second-order valence-corrected chi connectivity index (χ2v) is 8.74. The summed E-state index contributed by atoms with van der Waals surface area (Å²) in [4.78, 5) is 8.76. The first-order chi connectivity index (χ1) is 9.81. The van der Waals surface area contributed by atoms with Crippen molar-refractivity contribution >= 4 is 11.3 Å². The summed E-state index contributed by atoms with van der Waals surface area (Å²) in [5.41, 5.74) is 1.51. The maximum atomic E-state index is 4.74. The number of rotatable bonds is 4. The van der Waals surface area contributed by atoms with Crippen molar-refractivity contribution in [2.45, 2.75) is 73.0 Å². The Balaban J connectivity index is 2.10. The molecule has 2 rings (SSSR count). The van der Waals surface area contributed by atoms with Crippen LogP contribution >= 0.6 is 11.3 Å². The Bertz CT molecular complexity index is 442. The Morgan fingerprint density at radius 2 is 2.05 bits per heavy atom. The van der Waals surface area contributed by atoms with Gasteiger partial charge < -0.3 is 5.32 Å². The molecule has 1 aromatic heterocycles. The fourth-order valence-corrected chi connectivity index (χ4v) is 3.99. The third kappa shape index (κ3) is 4.27. The molecule has 2 atom stereocenters. The number of nitrogens with one attached hydrogen (secondary N) is 1. The van der Waals surface area contributed by atoms with E-state index in [-0.39, 0.29) is 0 Å². The van der Waals surface area contributed by atoms with Crippen molar-refractivity contribution in [1.29, 1.82) is 0 Å². The average Bonchev–Trinajstić information content (AvgIpc) is 2.69. The van der Waals surface area contributed by atoms with Crippen LogP contribution in [0.1, 0.15) is 56.1 Å². The summed E-state index contributed by atoms with van der Waals surface area (Å²) < 4.78 is 0. The molecule has 120 valence electrons. The van der Waals surface area contributed by atoms with E-state index in [9.17, 15) is 0 Å². The topological polar surface area (TPSA) is 28.2 Å². The fourth-order valence-electron chi connectivity index (χ4n) is 3.03. The number of aromatic nitrogens is 1. The average molecular weight is 310 g/mol. The number of aryl methyl sites for hydroxylation is 2. The molecule has 1 saturated heterocycles. The monoisotopic (exact) mass is 309 g/mol. The van der Waals surface area contributed by atoms with Crippen LogP contribution < -0.4 is 5.32 Å². The Morgan fingerprint density at radius 1 is 1.33 bits per heavy atom. The Kier molecular flexibility index (Phi) is 5.44. The van der Waals surface area contributed by atoms with Gasteiger partial charge in [-0.15, -0.1) is 11.3 Å². The minimum Gasteiger partial charge on any atom is -0.311 e. The lowest BCUT2D eigenvalue weighted by Gasteiger charge is -2.45. The van der Waals surface area contributed by atoms with Crippen LogP contribution in [0.2, 0.25) is 0 Å². The van der Waals surface area contributed by atoms with Gasteiger partial charge in [-0.2, -0.15) is 0 Å². The molecule has 21 heavy (non-hydrogen) atoms. The minimum absolute atomic E-state index is 0.310. The van der Waals surface area contributed by atoms with Gasteiger partial charge in [0.05, 0.1) is 12.2 Å². The number of piperazine rings is 1. The molecule has 0 amide bonds. The normalized spacial score (nSPS) is 24.5. The van der Waals surface area contributed by atoms with E-state index in [1.807, 2.05) is 11.3 Å². The fraction of sp³-hybridized carbons (Fsp3) is 0.824. The van der Waals surface area contributed by atoms with Gasteiger partial charge in [-0.05, 0) is 25.7 Å². The molecule has 1 aliphatic heterocycles. The number of thiazole rings is 1. The standard InChI is InChI=1S/C17H31N3S/c1-7-8-14-9-18-15(17(4,5)6)10-20(14)11-16-19-12(2)13(3)21-16/h14-15,18H,7-11H2,1-6H3. The molecule has 0 aromatic carbocycles. The largest absolute Gasteiger partial charge is 0.311 e. The van der Waals surface area contributed by atoms with Crippen molar-refractivity contribution in [2.24, 2.45) is 5.41 Å². The molecule has 1 fully saturated rings. The van der Waals surface area contributed by atoms with Crippen molar-refractivity contribution in [2.75, 3.05) is 13.1 Å². The van der Waals surface area contributed by atoms with Crippen molar-refractivity contribution in [1.82, 2.24) is 15.2 Å². The summed E-state index contributed by atoms with van der Waals surface area (Å²) in [7, 11) is 0. The first kappa shape index (κ1) is 16.9. The van der Waals surface area contributed by atoms with Gasteiger partial charge in [-0.3, -0.25) is 4.90 Å². The van der Waals surface area contributed by atoms with Crippen LogP contribution in [0.25, 0.3) is 0 Å². The first-order valence-electron chi connectivity index (χ1n) is 8.21. The predicted molar refractivity (Wildman–Crippen MR) is 91.9 cm³/mol. The van der Waals surface area contributed by atoms with E-state index in [1.54, 1.807) is 0 Å². The lowest BCUT2D eigenvalue weighted by Crippen LogP contribution is -2.59. The zero-order valence-corrected chi connectivity index (χ0v) is 15.3. The van der Waals surface area contributed by atoms with Crippen LogP contribution in [-0.2, 0) is 6.54 Å². The second-order valence-electron chi connectivity index (χ2n) is 7.45. The zero-order valence-electron chi connectivity index (χ0n) is 14.5. The Morgan fingerprint density at radius 3 is 2.57 bits per heavy atom. The van der Waals surface area contributed by atoms with Gasteiger partial charge in [0.2, 0.25) is 0 Å². The molecule has 0 radical (unpaired) electrons. The Hall–Kier alpha value is -0.450. The van der Waals surface area contributed by atoms with Crippen LogP contribution in [0, 0.1) is 19.3 Å². The summed E-state index contributed by atoms with van der Waals surface area (Å²) >= 11 is 1.86. The summed E-state index contributed by atoms with van der Waals surface area (Å²) in [6.45, 7) is 16.8. The van der Waals surface area contributed by atoms with Crippen LogP contribution in [0.5, 0.6) is 0 Å². The van der Waals surface area contributed by atoms with Crippen LogP contribution in [0.15, 0.2) is 0 Å². The molecule has 0 spiro atoms. The van der Waals surface area contributed by atoms with Crippen molar-refractivity contribution in [3.05, 3.63) is 15.6 Å². The van der Waals surface area contributed by atoms with Crippen LogP contribution in [0.3, 0.4) is 0 Å². The smallest absolute Gasteiger partial charge is 0.107 e. The molecule has 4 heteroatoms. The van der Waals surface area contributed by atoms with Gasteiger partial charge in [0.1, 0.15) is 5.01 Å².